The van der Waals surface area contributed by atoms with Gasteiger partial charge in [-0.15, -0.1) is 0 Å². The van der Waals surface area contributed by atoms with Gasteiger partial charge in [0.25, 0.3) is 0 Å². The minimum Gasteiger partial charge on any atom is -0.481 e. The summed E-state index contributed by atoms with van der Waals surface area (Å²) in [5.74, 6) is -5.27. The molecule has 14 nitrogen and oxygen atoms in total. The Morgan fingerprint density at radius 1 is 0.829 bits per heavy atom. The minimum atomic E-state index is -1.46. The van der Waals surface area contributed by atoms with Crippen LogP contribution in [0.5, 0.6) is 0 Å². The van der Waals surface area contributed by atoms with Gasteiger partial charge < -0.3 is 43.4 Å². The van der Waals surface area contributed by atoms with Gasteiger partial charge in [-0.1, -0.05) is 0 Å². The van der Waals surface area contributed by atoms with Crippen molar-refractivity contribution in [3.05, 3.63) is 0 Å². The molecule has 0 spiro atoms. The Hall–Kier alpha value is -2.91. The molecule has 4 unspecified atom stereocenters. The van der Waals surface area contributed by atoms with E-state index in [9.17, 15) is 33.9 Å². The fourth-order valence-electron chi connectivity index (χ4n) is 2.92. The second-order valence-corrected chi connectivity index (χ2v) is 8.78. The van der Waals surface area contributed by atoms with Crippen LogP contribution in [0.4, 0.5) is 0 Å². The zero-order valence-corrected chi connectivity index (χ0v) is 20.5. The molecule has 0 radical (unpaired) electrons. The highest BCUT2D eigenvalue weighted by atomic mass is 32.2. The van der Waals surface area contributed by atoms with Crippen molar-refractivity contribution in [3.8, 4) is 0 Å². The van der Waals surface area contributed by atoms with Crippen LogP contribution < -0.4 is 33.2 Å². The summed E-state index contributed by atoms with van der Waals surface area (Å²) in [5, 5.41) is 25.3. The van der Waals surface area contributed by atoms with Gasteiger partial charge >= 0.3 is 11.9 Å². The minimum absolute atomic E-state index is 0.147. The summed E-state index contributed by atoms with van der Waals surface area (Å²) in [5.41, 5.74) is 16.2. The summed E-state index contributed by atoms with van der Waals surface area (Å²) in [7, 11) is 0. The van der Waals surface area contributed by atoms with E-state index in [2.05, 4.69) is 16.0 Å². The van der Waals surface area contributed by atoms with Crippen molar-refractivity contribution in [2.24, 2.45) is 17.2 Å². The Morgan fingerprint density at radius 2 is 1.37 bits per heavy atom. The third kappa shape index (κ3) is 14.2. The Bertz CT molecular complexity index is 753. The Morgan fingerprint density at radius 3 is 1.86 bits per heavy atom. The molecule has 4 atom stereocenters. The summed E-state index contributed by atoms with van der Waals surface area (Å²) in [4.78, 5) is 71.3. The van der Waals surface area contributed by atoms with Gasteiger partial charge in [-0.2, -0.15) is 11.8 Å². The first-order valence-electron chi connectivity index (χ1n) is 11.0. The molecular formula is C20H36N6O8S. The van der Waals surface area contributed by atoms with Crippen LogP contribution in [0.1, 0.15) is 44.9 Å². The van der Waals surface area contributed by atoms with Crippen LogP contribution in [-0.4, -0.2) is 88.5 Å². The molecule has 0 saturated heterocycles. The van der Waals surface area contributed by atoms with Crippen LogP contribution in [0.2, 0.25) is 0 Å². The third-order valence-corrected chi connectivity index (χ3v) is 5.49. The van der Waals surface area contributed by atoms with E-state index in [1.165, 1.54) is 11.8 Å². The maximum Gasteiger partial charge on any atom is 0.326 e. The number of carbonyl (C=O) groups is 6. The van der Waals surface area contributed by atoms with Crippen LogP contribution in [0, 0.1) is 0 Å². The predicted octanol–water partition coefficient (Wildman–Crippen LogP) is -2.52. The van der Waals surface area contributed by atoms with E-state index in [-0.39, 0.29) is 19.3 Å². The molecule has 0 aliphatic rings. The number of hydrogen-bond donors (Lipinski definition) is 8. The van der Waals surface area contributed by atoms with Crippen LogP contribution in [0.15, 0.2) is 0 Å². The number of thioether (sulfide) groups is 1. The molecule has 0 bridgehead atoms. The van der Waals surface area contributed by atoms with E-state index in [0.717, 1.165) is 0 Å². The van der Waals surface area contributed by atoms with Crippen molar-refractivity contribution in [3.63, 3.8) is 0 Å². The van der Waals surface area contributed by atoms with Crippen molar-refractivity contribution in [1.29, 1.82) is 0 Å². The lowest BCUT2D eigenvalue weighted by molar-refractivity contribution is -0.143. The highest BCUT2D eigenvalue weighted by Gasteiger charge is 2.30. The van der Waals surface area contributed by atoms with Crippen molar-refractivity contribution in [2.75, 3.05) is 18.6 Å². The summed E-state index contributed by atoms with van der Waals surface area (Å²) < 4.78 is 0. The number of rotatable bonds is 19. The van der Waals surface area contributed by atoms with Gasteiger partial charge in [0.1, 0.15) is 18.1 Å². The van der Waals surface area contributed by atoms with Crippen molar-refractivity contribution in [2.45, 2.75) is 69.1 Å². The molecule has 0 rings (SSSR count). The van der Waals surface area contributed by atoms with Gasteiger partial charge in [0.15, 0.2) is 0 Å². The first-order chi connectivity index (χ1) is 16.4. The van der Waals surface area contributed by atoms with E-state index in [0.29, 0.717) is 25.1 Å². The van der Waals surface area contributed by atoms with Gasteiger partial charge in [-0.25, -0.2) is 4.79 Å². The first-order valence-corrected chi connectivity index (χ1v) is 12.4. The molecule has 200 valence electrons. The van der Waals surface area contributed by atoms with E-state index in [1.807, 2.05) is 0 Å². The molecule has 0 aliphatic carbocycles. The second kappa shape index (κ2) is 17.5. The average Bonchev–Trinajstić information content (AvgIpc) is 2.77. The van der Waals surface area contributed by atoms with E-state index >= 15 is 0 Å². The highest BCUT2D eigenvalue weighted by Crippen LogP contribution is 2.07. The molecule has 0 aromatic rings. The SMILES string of the molecule is CSCCC(NC(=O)C(CCCCN)NC(=O)C(N)CC(N)=O)C(=O)NC(CCC(=O)O)C(=O)O. The molecule has 4 amide bonds. The summed E-state index contributed by atoms with van der Waals surface area (Å²) in [6.45, 7) is 0.356. The van der Waals surface area contributed by atoms with E-state index in [1.54, 1.807) is 6.26 Å². The average molecular weight is 521 g/mol. The molecule has 0 saturated carbocycles. The lowest BCUT2D eigenvalue weighted by Crippen LogP contribution is -2.57. The van der Waals surface area contributed by atoms with Crippen LogP contribution in [0.3, 0.4) is 0 Å². The summed E-state index contributed by atoms with van der Waals surface area (Å²) in [6, 6.07) is -4.97. The lowest BCUT2D eigenvalue weighted by Gasteiger charge is -2.25. The topological polar surface area (TPSA) is 257 Å². The number of primary amides is 1. The zero-order chi connectivity index (χ0) is 27.0. The Labute approximate surface area is 207 Å². The number of carboxylic acids is 2. The molecule has 0 aromatic heterocycles. The predicted molar refractivity (Wildman–Crippen MR) is 128 cm³/mol. The molecule has 0 aromatic carbocycles. The Kier molecular flexibility index (Phi) is 16.1. The first kappa shape index (κ1) is 32.1. The van der Waals surface area contributed by atoms with Crippen molar-refractivity contribution < 1.29 is 39.0 Å². The zero-order valence-electron chi connectivity index (χ0n) is 19.7. The van der Waals surface area contributed by atoms with E-state index in [4.69, 9.17) is 22.3 Å². The molecular weight excluding hydrogens is 484 g/mol. The molecule has 0 aliphatic heterocycles. The highest BCUT2D eigenvalue weighted by molar-refractivity contribution is 7.98. The van der Waals surface area contributed by atoms with Gasteiger partial charge in [0.05, 0.1) is 12.5 Å². The van der Waals surface area contributed by atoms with Crippen LogP contribution in [0.25, 0.3) is 0 Å². The number of nitrogens with one attached hydrogen (secondary N) is 3. The number of carboxylic acid groups (broad SMARTS) is 2. The second-order valence-electron chi connectivity index (χ2n) is 7.80. The maximum absolute atomic E-state index is 13.0. The van der Waals surface area contributed by atoms with Crippen molar-refractivity contribution >= 4 is 47.3 Å². The number of amides is 4. The summed E-state index contributed by atoms with van der Waals surface area (Å²) in [6.07, 6.45) is 1.90. The maximum atomic E-state index is 13.0. The number of unbranched alkanes of at least 4 members (excludes halogenated alkanes) is 1. The quantitative estimate of drug-likeness (QED) is 0.0824. The Balaban J connectivity index is 5.48. The third-order valence-electron chi connectivity index (χ3n) is 4.84. The lowest BCUT2D eigenvalue weighted by atomic mass is 10.1. The molecule has 11 N–H and O–H groups in total. The number of aliphatic carboxylic acids is 2. The normalized spacial score (nSPS) is 14.1. The molecule has 0 heterocycles. The standard InChI is InChI=1S/C20H36N6O8S/c1-35-9-7-13(19(32)26-14(20(33)34)5-6-16(28)29)25-18(31)12(4-2-3-8-21)24-17(30)11(22)10-15(23)27/h11-14H,2-10,21-22H2,1H3,(H2,23,27)(H,24,30)(H,25,31)(H,26,32)(H,28,29)(H,33,34). The van der Waals surface area contributed by atoms with Gasteiger partial charge in [-0.05, 0) is 50.7 Å². The van der Waals surface area contributed by atoms with Gasteiger partial charge in [-0.3, -0.25) is 24.0 Å². The number of carbonyl (C=O) groups excluding carboxylic acids is 4. The fourth-order valence-corrected chi connectivity index (χ4v) is 3.40. The fraction of sp³-hybridized carbons (Fsp3) is 0.700. The summed E-state index contributed by atoms with van der Waals surface area (Å²) >= 11 is 1.39. The number of hydrogen-bond acceptors (Lipinski definition) is 9. The molecule has 15 heteroatoms. The van der Waals surface area contributed by atoms with Crippen molar-refractivity contribution in [1.82, 2.24) is 16.0 Å². The smallest absolute Gasteiger partial charge is 0.326 e. The van der Waals surface area contributed by atoms with Crippen LogP contribution in [-0.2, 0) is 28.8 Å². The van der Waals surface area contributed by atoms with Crippen LogP contribution >= 0.6 is 11.8 Å². The molecule has 35 heavy (non-hydrogen) atoms. The van der Waals surface area contributed by atoms with Gasteiger partial charge in [0.2, 0.25) is 23.6 Å². The largest absolute Gasteiger partial charge is 0.481 e. The van der Waals surface area contributed by atoms with Gasteiger partial charge in [0, 0.05) is 6.42 Å². The van der Waals surface area contributed by atoms with E-state index < -0.39 is 72.6 Å². The molecule has 0 fully saturated rings. The monoisotopic (exact) mass is 520 g/mol. The number of nitrogens with two attached hydrogens (primary N) is 3.